The standard InChI is InChI=1S/C14H23N3OS2/c1-14(2,3)11-10-20-12(16-11)4-5-15-13(18)17-6-8-19-9-7-17/h10H,4-9H2,1-3H3,(H,15,18). The van der Waals surface area contributed by atoms with Gasteiger partial charge in [0.05, 0.1) is 10.7 Å². The molecule has 0 radical (unpaired) electrons. The second-order valence-electron chi connectivity index (χ2n) is 5.96. The van der Waals surface area contributed by atoms with Crippen LogP contribution in [-0.4, -0.2) is 47.1 Å². The molecule has 0 aromatic carbocycles. The lowest BCUT2D eigenvalue weighted by atomic mass is 9.93. The van der Waals surface area contributed by atoms with Crippen molar-refractivity contribution in [1.29, 1.82) is 0 Å². The Morgan fingerprint density at radius 2 is 2.10 bits per heavy atom. The fourth-order valence-corrected chi connectivity index (χ4v) is 3.85. The van der Waals surface area contributed by atoms with Crippen molar-refractivity contribution >= 4 is 29.1 Å². The number of hydrogen-bond donors (Lipinski definition) is 1. The van der Waals surface area contributed by atoms with E-state index < -0.39 is 0 Å². The van der Waals surface area contributed by atoms with Crippen LogP contribution in [-0.2, 0) is 11.8 Å². The predicted molar refractivity (Wildman–Crippen MR) is 86.8 cm³/mol. The number of urea groups is 1. The third-order valence-corrected chi connectivity index (χ3v) is 5.08. The minimum Gasteiger partial charge on any atom is -0.338 e. The van der Waals surface area contributed by atoms with Gasteiger partial charge in [0.15, 0.2) is 0 Å². The summed E-state index contributed by atoms with van der Waals surface area (Å²) in [6.45, 7) is 8.90. The molecular weight excluding hydrogens is 290 g/mol. The van der Waals surface area contributed by atoms with Crippen molar-refractivity contribution < 1.29 is 4.79 Å². The van der Waals surface area contributed by atoms with E-state index in [4.69, 9.17) is 0 Å². The highest BCUT2D eigenvalue weighted by Crippen LogP contribution is 2.23. The van der Waals surface area contributed by atoms with Crippen LogP contribution < -0.4 is 5.32 Å². The SMILES string of the molecule is CC(C)(C)c1csc(CCNC(=O)N2CCSCC2)n1. The Morgan fingerprint density at radius 3 is 2.70 bits per heavy atom. The first kappa shape index (κ1) is 15.6. The lowest BCUT2D eigenvalue weighted by Crippen LogP contribution is -2.44. The zero-order chi connectivity index (χ0) is 14.6. The summed E-state index contributed by atoms with van der Waals surface area (Å²) in [6.07, 6.45) is 0.815. The molecular formula is C14H23N3OS2. The molecule has 0 atom stereocenters. The van der Waals surface area contributed by atoms with Gasteiger partial charge in [-0.1, -0.05) is 20.8 Å². The molecule has 2 rings (SSSR count). The molecule has 2 heterocycles. The van der Waals surface area contributed by atoms with Gasteiger partial charge in [-0.25, -0.2) is 9.78 Å². The first-order chi connectivity index (χ1) is 9.47. The molecule has 2 amide bonds. The molecule has 6 heteroatoms. The lowest BCUT2D eigenvalue weighted by molar-refractivity contribution is 0.203. The minimum absolute atomic E-state index is 0.0675. The summed E-state index contributed by atoms with van der Waals surface area (Å²) in [4.78, 5) is 18.5. The highest BCUT2D eigenvalue weighted by molar-refractivity contribution is 7.99. The Morgan fingerprint density at radius 1 is 1.40 bits per heavy atom. The van der Waals surface area contributed by atoms with E-state index in [1.165, 1.54) is 0 Å². The molecule has 1 aliphatic heterocycles. The summed E-state index contributed by atoms with van der Waals surface area (Å²) in [5.74, 6) is 2.10. The molecule has 1 N–H and O–H groups in total. The van der Waals surface area contributed by atoms with Crippen LogP contribution in [0.5, 0.6) is 0 Å². The number of amides is 2. The van der Waals surface area contributed by atoms with Crippen LogP contribution in [0.15, 0.2) is 5.38 Å². The molecule has 0 unspecified atom stereocenters. The van der Waals surface area contributed by atoms with Crippen LogP contribution in [0.2, 0.25) is 0 Å². The van der Waals surface area contributed by atoms with Crippen LogP contribution in [0.4, 0.5) is 4.79 Å². The van der Waals surface area contributed by atoms with Gasteiger partial charge in [0.1, 0.15) is 0 Å². The van der Waals surface area contributed by atoms with Gasteiger partial charge in [0, 0.05) is 48.4 Å². The molecule has 0 aliphatic carbocycles. The Balaban J connectivity index is 1.75. The molecule has 0 spiro atoms. The van der Waals surface area contributed by atoms with Crippen LogP contribution in [0.1, 0.15) is 31.5 Å². The van der Waals surface area contributed by atoms with Gasteiger partial charge in [-0.3, -0.25) is 0 Å². The lowest BCUT2D eigenvalue weighted by Gasteiger charge is -2.26. The summed E-state index contributed by atoms with van der Waals surface area (Å²) in [6, 6.07) is 0.0675. The summed E-state index contributed by atoms with van der Waals surface area (Å²) < 4.78 is 0. The van der Waals surface area contributed by atoms with E-state index in [0.717, 1.165) is 41.7 Å². The van der Waals surface area contributed by atoms with Crippen LogP contribution in [0.25, 0.3) is 0 Å². The molecule has 20 heavy (non-hydrogen) atoms. The van der Waals surface area contributed by atoms with Crippen molar-refractivity contribution in [1.82, 2.24) is 15.2 Å². The molecule has 1 aromatic heterocycles. The van der Waals surface area contributed by atoms with Crippen molar-refractivity contribution in [3.63, 3.8) is 0 Å². The number of carbonyl (C=O) groups excluding carboxylic acids is 1. The monoisotopic (exact) mass is 313 g/mol. The van der Waals surface area contributed by atoms with E-state index in [-0.39, 0.29) is 11.4 Å². The number of aromatic nitrogens is 1. The fourth-order valence-electron chi connectivity index (χ4n) is 1.92. The summed E-state index contributed by atoms with van der Waals surface area (Å²) in [5, 5.41) is 6.22. The number of thiazole rings is 1. The summed E-state index contributed by atoms with van der Waals surface area (Å²) in [5.41, 5.74) is 1.24. The molecule has 1 fully saturated rings. The predicted octanol–water partition coefficient (Wildman–Crippen LogP) is 2.74. The maximum Gasteiger partial charge on any atom is 0.317 e. The first-order valence-corrected chi connectivity index (χ1v) is 9.05. The highest BCUT2D eigenvalue weighted by atomic mass is 32.2. The zero-order valence-corrected chi connectivity index (χ0v) is 14.1. The quantitative estimate of drug-likeness (QED) is 0.933. The normalized spacial score (nSPS) is 16.2. The Kier molecular flexibility index (Phi) is 5.32. The minimum atomic E-state index is 0.0675. The Labute approximate surface area is 129 Å². The van der Waals surface area contributed by atoms with Gasteiger partial charge in [0.2, 0.25) is 0 Å². The van der Waals surface area contributed by atoms with Gasteiger partial charge in [-0.15, -0.1) is 11.3 Å². The molecule has 1 aromatic rings. The van der Waals surface area contributed by atoms with Crippen LogP contribution in [0, 0.1) is 0 Å². The second kappa shape index (κ2) is 6.80. The molecule has 0 bridgehead atoms. The largest absolute Gasteiger partial charge is 0.338 e. The van der Waals surface area contributed by atoms with E-state index in [2.05, 4.69) is 36.5 Å². The molecule has 1 saturated heterocycles. The van der Waals surface area contributed by atoms with E-state index in [1.54, 1.807) is 11.3 Å². The van der Waals surface area contributed by atoms with Crippen LogP contribution >= 0.6 is 23.1 Å². The Bertz CT molecular complexity index is 448. The maximum absolute atomic E-state index is 11.9. The third kappa shape index (κ3) is 4.38. The van der Waals surface area contributed by atoms with Gasteiger partial charge in [-0.2, -0.15) is 11.8 Å². The summed E-state index contributed by atoms with van der Waals surface area (Å²) in [7, 11) is 0. The van der Waals surface area contributed by atoms with Gasteiger partial charge < -0.3 is 10.2 Å². The van der Waals surface area contributed by atoms with Gasteiger partial charge in [0.25, 0.3) is 0 Å². The topological polar surface area (TPSA) is 45.2 Å². The Hall–Kier alpha value is -0.750. The van der Waals surface area contributed by atoms with Gasteiger partial charge in [-0.05, 0) is 0 Å². The average molecular weight is 313 g/mol. The smallest absolute Gasteiger partial charge is 0.317 e. The number of nitrogens with one attached hydrogen (secondary N) is 1. The number of carbonyl (C=O) groups is 1. The second-order valence-corrected chi connectivity index (χ2v) is 8.13. The number of hydrogen-bond acceptors (Lipinski definition) is 4. The average Bonchev–Trinajstić information content (AvgIpc) is 2.88. The number of nitrogens with zero attached hydrogens (tertiary/aromatic N) is 2. The van der Waals surface area contributed by atoms with Crippen molar-refractivity contribution in [3.05, 3.63) is 16.1 Å². The zero-order valence-electron chi connectivity index (χ0n) is 12.4. The number of thioether (sulfide) groups is 1. The van der Waals surface area contributed by atoms with Crippen molar-refractivity contribution in [2.45, 2.75) is 32.6 Å². The first-order valence-electron chi connectivity index (χ1n) is 7.02. The third-order valence-electron chi connectivity index (χ3n) is 3.23. The maximum atomic E-state index is 11.9. The molecule has 112 valence electrons. The van der Waals surface area contributed by atoms with Crippen LogP contribution in [0.3, 0.4) is 0 Å². The highest BCUT2D eigenvalue weighted by Gasteiger charge is 2.18. The van der Waals surface area contributed by atoms with Crippen molar-refractivity contribution in [3.8, 4) is 0 Å². The van der Waals surface area contributed by atoms with E-state index in [0.29, 0.717) is 6.54 Å². The summed E-state index contributed by atoms with van der Waals surface area (Å²) >= 11 is 3.60. The number of rotatable bonds is 3. The van der Waals surface area contributed by atoms with Crippen molar-refractivity contribution in [2.24, 2.45) is 0 Å². The molecule has 4 nitrogen and oxygen atoms in total. The van der Waals surface area contributed by atoms with Gasteiger partial charge >= 0.3 is 6.03 Å². The molecule has 1 aliphatic rings. The van der Waals surface area contributed by atoms with E-state index in [1.807, 2.05) is 16.7 Å². The fraction of sp³-hybridized carbons (Fsp3) is 0.714. The van der Waals surface area contributed by atoms with E-state index in [9.17, 15) is 4.79 Å². The van der Waals surface area contributed by atoms with Crippen molar-refractivity contribution in [2.75, 3.05) is 31.1 Å². The van der Waals surface area contributed by atoms with E-state index >= 15 is 0 Å². The molecule has 0 saturated carbocycles.